The maximum atomic E-state index is 5.67. The molecule has 0 atom stereocenters. The zero-order chi connectivity index (χ0) is 20.5. The summed E-state index contributed by atoms with van der Waals surface area (Å²) in [5.41, 5.74) is 4.19. The Balaban J connectivity index is 1.40. The molecule has 154 valence electrons. The average molecular weight is 403 g/mol. The van der Waals surface area contributed by atoms with Gasteiger partial charge in [-0.3, -0.25) is 0 Å². The lowest BCUT2D eigenvalue weighted by molar-refractivity contribution is 0.341. The van der Waals surface area contributed by atoms with Crippen LogP contribution in [0.1, 0.15) is 6.92 Å². The van der Waals surface area contributed by atoms with Crippen LogP contribution in [0.3, 0.4) is 0 Å². The van der Waals surface area contributed by atoms with Gasteiger partial charge in [0, 0.05) is 42.8 Å². The van der Waals surface area contributed by atoms with E-state index >= 15 is 0 Å². The molecular formula is C23H25N5O2. The first-order chi connectivity index (χ1) is 14.8. The molecule has 1 fully saturated rings. The van der Waals surface area contributed by atoms with Gasteiger partial charge in [0.1, 0.15) is 28.9 Å². The third-order valence-corrected chi connectivity index (χ3v) is 5.66. The van der Waals surface area contributed by atoms with Crippen LogP contribution in [0.25, 0.3) is 21.9 Å². The van der Waals surface area contributed by atoms with Crippen molar-refractivity contribution in [2.45, 2.75) is 6.92 Å². The zero-order valence-corrected chi connectivity index (χ0v) is 17.3. The summed E-state index contributed by atoms with van der Waals surface area (Å²) in [4.78, 5) is 17.4. The van der Waals surface area contributed by atoms with Crippen LogP contribution < -0.4 is 19.3 Å². The number of ether oxygens (including phenoxy) is 2. The largest absolute Gasteiger partial charge is 0.497 e. The Morgan fingerprint density at radius 1 is 0.933 bits per heavy atom. The highest BCUT2D eigenvalue weighted by Gasteiger charge is 2.22. The number of hydrogen-bond acceptors (Lipinski definition) is 6. The van der Waals surface area contributed by atoms with Crippen LogP contribution in [0.15, 0.2) is 48.8 Å². The number of hydrogen-bond donors (Lipinski definition) is 1. The first-order valence-electron chi connectivity index (χ1n) is 10.3. The summed E-state index contributed by atoms with van der Waals surface area (Å²) in [5, 5.41) is 1.07. The van der Waals surface area contributed by atoms with Crippen molar-refractivity contribution >= 4 is 33.4 Å². The van der Waals surface area contributed by atoms with Crippen LogP contribution in [0, 0.1) is 0 Å². The van der Waals surface area contributed by atoms with Crippen molar-refractivity contribution in [3.05, 3.63) is 48.8 Å². The molecule has 0 radical (unpaired) electrons. The number of rotatable bonds is 5. The zero-order valence-electron chi connectivity index (χ0n) is 17.3. The molecule has 5 rings (SSSR count). The van der Waals surface area contributed by atoms with Crippen molar-refractivity contribution in [2.24, 2.45) is 0 Å². The topological polar surface area (TPSA) is 66.5 Å². The van der Waals surface area contributed by atoms with E-state index in [0.29, 0.717) is 6.61 Å². The quantitative estimate of drug-likeness (QED) is 0.546. The van der Waals surface area contributed by atoms with Crippen molar-refractivity contribution in [3.8, 4) is 11.5 Å². The highest BCUT2D eigenvalue weighted by molar-refractivity contribution is 6.08. The molecular weight excluding hydrogens is 378 g/mol. The van der Waals surface area contributed by atoms with Crippen LogP contribution in [-0.4, -0.2) is 54.8 Å². The fourth-order valence-electron chi connectivity index (χ4n) is 4.12. The normalized spacial score (nSPS) is 14.5. The molecule has 1 N–H and O–H groups in total. The van der Waals surface area contributed by atoms with Gasteiger partial charge in [0.05, 0.1) is 13.7 Å². The second-order valence-electron chi connectivity index (χ2n) is 7.36. The molecule has 0 aliphatic carbocycles. The maximum absolute atomic E-state index is 5.67. The number of benzene rings is 2. The average Bonchev–Trinajstić information content (AvgIpc) is 3.18. The second-order valence-corrected chi connectivity index (χ2v) is 7.36. The number of aromatic nitrogens is 3. The predicted octanol–water partition coefficient (Wildman–Crippen LogP) is 3.85. The molecule has 0 unspecified atom stereocenters. The lowest BCUT2D eigenvalue weighted by Gasteiger charge is -2.36. The summed E-state index contributed by atoms with van der Waals surface area (Å²) in [6, 6.07) is 14.3. The van der Waals surface area contributed by atoms with E-state index in [1.54, 1.807) is 13.4 Å². The number of fused-ring (bicyclic) bond motifs is 3. The molecule has 30 heavy (non-hydrogen) atoms. The number of nitrogens with one attached hydrogen (secondary N) is 1. The molecule has 1 aliphatic rings. The Bertz CT molecular complexity index is 1160. The van der Waals surface area contributed by atoms with Crippen molar-refractivity contribution in [1.82, 2.24) is 15.0 Å². The Labute approximate surface area is 175 Å². The number of H-pyrrole nitrogens is 1. The van der Waals surface area contributed by atoms with E-state index in [2.05, 4.69) is 43.0 Å². The molecule has 3 heterocycles. The third-order valence-electron chi connectivity index (χ3n) is 5.66. The first kappa shape index (κ1) is 18.5. The summed E-state index contributed by atoms with van der Waals surface area (Å²) in [5.74, 6) is 2.70. The van der Waals surface area contributed by atoms with Crippen molar-refractivity contribution in [3.63, 3.8) is 0 Å². The molecule has 1 saturated heterocycles. The van der Waals surface area contributed by atoms with E-state index in [0.717, 1.165) is 65.4 Å². The lowest BCUT2D eigenvalue weighted by Crippen LogP contribution is -2.46. The summed E-state index contributed by atoms with van der Waals surface area (Å²) in [7, 11) is 1.69. The molecule has 2 aromatic carbocycles. The van der Waals surface area contributed by atoms with Gasteiger partial charge in [0.25, 0.3) is 0 Å². The van der Waals surface area contributed by atoms with Crippen LogP contribution >= 0.6 is 0 Å². The van der Waals surface area contributed by atoms with Crippen LogP contribution in [0.5, 0.6) is 11.5 Å². The van der Waals surface area contributed by atoms with E-state index in [4.69, 9.17) is 9.47 Å². The molecule has 4 aromatic rings. The number of nitrogens with zero attached hydrogens (tertiary/aromatic N) is 4. The first-order valence-corrected chi connectivity index (χ1v) is 10.3. The van der Waals surface area contributed by atoms with E-state index in [1.165, 1.54) is 5.69 Å². The van der Waals surface area contributed by atoms with Gasteiger partial charge < -0.3 is 24.3 Å². The van der Waals surface area contributed by atoms with Gasteiger partial charge >= 0.3 is 0 Å². The van der Waals surface area contributed by atoms with Gasteiger partial charge in [-0.25, -0.2) is 9.97 Å². The van der Waals surface area contributed by atoms with Crippen LogP contribution in [0.4, 0.5) is 11.5 Å². The number of anilines is 2. The fourth-order valence-corrected chi connectivity index (χ4v) is 4.12. The SMILES string of the molecule is CCOc1ccc2[nH]c3c(N4CCN(c5ccc(OC)cc5)CC4)ncnc3c2c1. The number of aromatic amines is 1. The molecule has 1 aliphatic heterocycles. The predicted molar refractivity (Wildman–Crippen MR) is 120 cm³/mol. The number of methoxy groups -OCH3 is 1. The minimum atomic E-state index is 0.645. The van der Waals surface area contributed by atoms with Gasteiger partial charge in [-0.1, -0.05) is 0 Å². The Kier molecular flexibility index (Phi) is 4.78. The molecule has 7 nitrogen and oxygen atoms in total. The second kappa shape index (κ2) is 7.74. The van der Waals surface area contributed by atoms with E-state index in [-0.39, 0.29) is 0 Å². The monoisotopic (exact) mass is 403 g/mol. The minimum absolute atomic E-state index is 0.645. The van der Waals surface area contributed by atoms with E-state index in [1.807, 2.05) is 31.2 Å². The summed E-state index contributed by atoms with van der Waals surface area (Å²) in [6.07, 6.45) is 1.66. The van der Waals surface area contributed by atoms with Gasteiger partial charge in [-0.15, -0.1) is 0 Å². The highest BCUT2D eigenvalue weighted by Crippen LogP contribution is 2.32. The number of piperazine rings is 1. The molecule has 0 spiro atoms. The summed E-state index contributed by atoms with van der Waals surface area (Å²) >= 11 is 0. The van der Waals surface area contributed by atoms with E-state index < -0.39 is 0 Å². The van der Waals surface area contributed by atoms with Crippen molar-refractivity contribution in [1.29, 1.82) is 0 Å². The minimum Gasteiger partial charge on any atom is -0.497 e. The fraction of sp³-hybridized carbons (Fsp3) is 0.304. The third kappa shape index (κ3) is 3.26. The standard InChI is InChI=1S/C23H25N5O2/c1-3-30-18-8-9-20-19(14-18)21-22(26-20)23(25-15-24-21)28-12-10-27(11-13-28)16-4-6-17(29-2)7-5-16/h4-9,14-15,26H,3,10-13H2,1-2H3. The van der Waals surface area contributed by atoms with Crippen molar-refractivity contribution in [2.75, 3.05) is 49.7 Å². The Morgan fingerprint density at radius 3 is 2.40 bits per heavy atom. The van der Waals surface area contributed by atoms with Crippen LogP contribution in [0.2, 0.25) is 0 Å². The summed E-state index contributed by atoms with van der Waals surface area (Å²) < 4.78 is 10.9. The van der Waals surface area contributed by atoms with Gasteiger partial charge in [-0.2, -0.15) is 0 Å². The van der Waals surface area contributed by atoms with Gasteiger partial charge in [-0.05, 0) is 49.4 Å². The highest BCUT2D eigenvalue weighted by atomic mass is 16.5. The maximum Gasteiger partial charge on any atom is 0.156 e. The van der Waals surface area contributed by atoms with Gasteiger partial charge in [0.15, 0.2) is 5.82 Å². The molecule has 7 heteroatoms. The van der Waals surface area contributed by atoms with Crippen LogP contribution in [-0.2, 0) is 0 Å². The molecule has 2 aromatic heterocycles. The smallest absolute Gasteiger partial charge is 0.156 e. The Hall–Kier alpha value is -3.48. The Morgan fingerprint density at radius 2 is 1.67 bits per heavy atom. The van der Waals surface area contributed by atoms with Crippen molar-refractivity contribution < 1.29 is 9.47 Å². The van der Waals surface area contributed by atoms with Gasteiger partial charge in [0.2, 0.25) is 0 Å². The summed E-state index contributed by atoms with van der Waals surface area (Å²) in [6.45, 7) is 6.31. The van der Waals surface area contributed by atoms with E-state index in [9.17, 15) is 0 Å². The molecule has 0 amide bonds. The lowest BCUT2D eigenvalue weighted by atomic mass is 10.2. The molecule has 0 bridgehead atoms. The molecule has 0 saturated carbocycles.